The minimum atomic E-state index is 0.121. The van der Waals surface area contributed by atoms with E-state index in [9.17, 15) is 4.79 Å². The second kappa shape index (κ2) is 4.46. The molecular formula is C9H19N3O. The quantitative estimate of drug-likeness (QED) is 0.680. The number of hydrogen-bond acceptors (Lipinski definition) is 2. The lowest BCUT2D eigenvalue weighted by Crippen LogP contribution is -2.42. The van der Waals surface area contributed by atoms with Gasteiger partial charge in [0.25, 0.3) is 0 Å². The highest BCUT2D eigenvalue weighted by atomic mass is 16.2. The third kappa shape index (κ3) is 2.34. The fraction of sp³-hybridized carbons (Fsp3) is 0.889. The molecule has 0 aromatic heterocycles. The van der Waals surface area contributed by atoms with Crippen LogP contribution in [0.1, 0.15) is 19.3 Å². The molecule has 0 bridgehead atoms. The van der Waals surface area contributed by atoms with E-state index in [1.807, 2.05) is 4.90 Å². The number of urea groups is 1. The van der Waals surface area contributed by atoms with Crippen LogP contribution in [-0.4, -0.2) is 49.1 Å². The van der Waals surface area contributed by atoms with E-state index < -0.39 is 0 Å². The van der Waals surface area contributed by atoms with Crippen LogP contribution in [0.2, 0.25) is 0 Å². The predicted molar refractivity (Wildman–Crippen MR) is 52.5 cm³/mol. The Morgan fingerprint density at radius 2 is 2.31 bits per heavy atom. The van der Waals surface area contributed by atoms with Gasteiger partial charge < -0.3 is 15.5 Å². The van der Waals surface area contributed by atoms with Crippen molar-refractivity contribution in [3.63, 3.8) is 0 Å². The summed E-state index contributed by atoms with van der Waals surface area (Å²) in [7, 11) is 3.58. The lowest BCUT2D eigenvalue weighted by molar-refractivity contribution is 0.164. The Morgan fingerprint density at radius 1 is 1.62 bits per heavy atom. The molecule has 0 aromatic carbocycles. The molecule has 0 spiro atoms. The fourth-order valence-electron chi connectivity index (χ4n) is 1.84. The first-order valence-corrected chi connectivity index (χ1v) is 4.84. The van der Waals surface area contributed by atoms with Crippen molar-refractivity contribution >= 4 is 6.03 Å². The van der Waals surface area contributed by atoms with Gasteiger partial charge in [-0.1, -0.05) is 0 Å². The van der Waals surface area contributed by atoms with E-state index >= 15 is 0 Å². The Hall–Kier alpha value is -0.770. The minimum Gasteiger partial charge on any atom is -0.331 e. The zero-order valence-corrected chi connectivity index (χ0v) is 8.49. The largest absolute Gasteiger partial charge is 0.331 e. The molecule has 13 heavy (non-hydrogen) atoms. The first kappa shape index (κ1) is 10.3. The lowest BCUT2D eigenvalue weighted by Gasteiger charge is -2.27. The van der Waals surface area contributed by atoms with E-state index in [1.54, 1.807) is 19.0 Å². The Bertz CT molecular complexity index is 182. The summed E-state index contributed by atoms with van der Waals surface area (Å²) in [6, 6.07) is 0.496. The molecule has 1 heterocycles. The second-order valence-electron chi connectivity index (χ2n) is 3.74. The molecule has 0 saturated carbocycles. The van der Waals surface area contributed by atoms with Crippen molar-refractivity contribution < 1.29 is 4.79 Å². The van der Waals surface area contributed by atoms with Crippen LogP contribution in [0.5, 0.6) is 0 Å². The molecular weight excluding hydrogens is 166 g/mol. The maximum atomic E-state index is 11.6. The Kier molecular flexibility index (Phi) is 3.54. The van der Waals surface area contributed by atoms with Crippen molar-refractivity contribution in [2.24, 2.45) is 5.73 Å². The SMILES string of the molecule is CN(C)C(=O)N1CCCC1CCN. The highest BCUT2D eigenvalue weighted by Crippen LogP contribution is 2.20. The summed E-state index contributed by atoms with van der Waals surface area (Å²) in [6.45, 7) is 1.56. The van der Waals surface area contributed by atoms with Gasteiger partial charge in [0, 0.05) is 26.7 Å². The third-order valence-corrected chi connectivity index (χ3v) is 2.51. The number of hydrogen-bond donors (Lipinski definition) is 1. The summed E-state index contributed by atoms with van der Waals surface area (Å²) in [6.07, 6.45) is 3.15. The molecule has 1 atom stereocenters. The molecule has 76 valence electrons. The normalized spacial score (nSPS) is 22.1. The highest BCUT2D eigenvalue weighted by Gasteiger charge is 2.28. The number of likely N-dealkylation sites (tertiary alicyclic amines) is 1. The van der Waals surface area contributed by atoms with Gasteiger partial charge in [-0.15, -0.1) is 0 Å². The first-order valence-electron chi connectivity index (χ1n) is 4.84. The van der Waals surface area contributed by atoms with Gasteiger partial charge in [-0.3, -0.25) is 0 Å². The number of amides is 2. The van der Waals surface area contributed by atoms with Gasteiger partial charge in [-0.25, -0.2) is 4.79 Å². The van der Waals surface area contributed by atoms with Crippen LogP contribution in [0, 0.1) is 0 Å². The summed E-state index contributed by atoms with van der Waals surface area (Å²) in [5.74, 6) is 0. The highest BCUT2D eigenvalue weighted by molar-refractivity contribution is 5.74. The number of nitrogens with two attached hydrogens (primary N) is 1. The van der Waals surface area contributed by atoms with Crippen molar-refractivity contribution in [1.29, 1.82) is 0 Å². The lowest BCUT2D eigenvalue weighted by atomic mass is 10.1. The van der Waals surface area contributed by atoms with Gasteiger partial charge >= 0.3 is 6.03 Å². The predicted octanol–water partition coefficient (Wildman–Crippen LogP) is 0.481. The van der Waals surface area contributed by atoms with E-state index in [1.165, 1.54) is 0 Å². The summed E-state index contributed by atoms with van der Waals surface area (Å²) < 4.78 is 0. The molecule has 1 unspecified atom stereocenters. The van der Waals surface area contributed by atoms with Crippen LogP contribution in [-0.2, 0) is 0 Å². The number of nitrogens with zero attached hydrogens (tertiary/aromatic N) is 2. The van der Waals surface area contributed by atoms with Gasteiger partial charge in [0.2, 0.25) is 0 Å². The number of rotatable bonds is 2. The van der Waals surface area contributed by atoms with Crippen molar-refractivity contribution in [2.45, 2.75) is 25.3 Å². The molecule has 4 nitrogen and oxygen atoms in total. The number of carbonyl (C=O) groups excluding carboxylic acids is 1. The van der Waals surface area contributed by atoms with Gasteiger partial charge in [0.15, 0.2) is 0 Å². The van der Waals surface area contributed by atoms with Gasteiger partial charge in [-0.2, -0.15) is 0 Å². The van der Waals surface area contributed by atoms with E-state index in [4.69, 9.17) is 5.73 Å². The summed E-state index contributed by atoms with van der Waals surface area (Å²) in [4.78, 5) is 15.2. The van der Waals surface area contributed by atoms with Crippen molar-refractivity contribution in [3.8, 4) is 0 Å². The smallest absolute Gasteiger partial charge is 0.319 e. The number of carbonyl (C=O) groups is 1. The van der Waals surface area contributed by atoms with E-state index in [2.05, 4.69) is 0 Å². The van der Waals surface area contributed by atoms with E-state index in [0.717, 1.165) is 25.8 Å². The zero-order valence-electron chi connectivity index (χ0n) is 8.49. The topological polar surface area (TPSA) is 49.6 Å². The fourth-order valence-corrected chi connectivity index (χ4v) is 1.84. The van der Waals surface area contributed by atoms with Gasteiger partial charge in [0.1, 0.15) is 0 Å². The van der Waals surface area contributed by atoms with Crippen LogP contribution in [0.15, 0.2) is 0 Å². The molecule has 1 rings (SSSR count). The Morgan fingerprint density at radius 3 is 2.85 bits per heavy atom. The molecule has 0 aliphatic carbocycles. The first-order chi connectivity index (χ1) is 6.16. The minimum absolute atomic E-state index is 0.121. The monoisotopic (exact) mass is 185 g/mol. The molecule has 0 radical (unpaired) electrons. The van der Waals surface area contributed by atoms with Crippen molar-refractivity contribution in [1.82, 2.24) is 9.80 Å². The summed E-state index contributed by atoms with van der Waals surface area (Å²) >= 11 is 0. The van der Waals surface area contributed by atoms with Crippen molar-refractivity contribution in [3.05, 3.63) is 0 Å². The Balaban J connectivity index is 2.52. The van der Waals surface area contributed by atoms with Crippen LogP contribution in [0.25, 0.3) is 0 Å². The van der Waals surface area contributed by atoms with Gasteiger partial charge in [0.05, 0.1) is 0 Å². The van der Waals surface area contributed by atoms with Crippen LogP contribution in [0.3, 0.4) is 0 Å². The molecule has 2 amide bonds. The standard InChI is InChI=1S/C9H19N3O/c1-11(2)9(13)12-7-3-4-8(12)5-6-10/h8H,3-7,10H2,1-2H3. The van der Waals surface area contributed by atoms with Crippen LogP contribution < -0.4 is 5.73 Å². The molecule has 2 N–H and O–H groups in total. The second-order valence-corrected chi connectivity index (χ2v) is 3.74. The van der Waals surface area contributed by atoms with Gasteiger partial charge in [-0.05, 0) is 25.8 Å². The van der Waals surface area contributed by atoms with Crippen LogP contribution >= 0.6 is 0 Å². The average molecular weight is 185 g/mol. The molecule has 1 aliphatic heterocycles. The molecule has 0 aromatic rings. The zero-order chi connectivity index (χ0) is 9.84. The molecule has 1 fully saturated rings. The summed E-state index contributed by atoms with van der Waals surface area (Å²) in [5, 5.41) is 0. The van der Waals surface area contributed by atoms with E-state index in [0.29, 0.717) is 12.6 Å². The summed E-state index contributed by atoms with van der Waals surface area (Å²) in [5.41, 5.74) is 5.50. The van der Waals surface area contributed by atoms with E-state index in [-0.39, 0.29) is 6.03 Å². The molecule has 1 aliphatic rings. The van der Waals surface area contributed by atoms with Crippen LogP contribution in [0.4, 0.5) is 4.79 Å². The maximum Gasteiger partial charge on any atom is 0.319 e. The third-order valence-electron chi connectivity index (χ3n) is 2.51. The molecule has 4 heteroatoms. The molecule has 1 saturated heterocycles. The Labute approximate surface area is 79.7 Å². The maximum absolute atomic E-state index is 11.6. The average Bonchev–Trinajstić information content (AvgIpc) is 2.52. The van der Waals surface area contributed by atoms with Crippen molar-refractivity contribution in [2.75, 3.05) is 27.2 Å².